The molecule has 0 amide bonds. The van der Waals surface area contributed by atoms with E-state index >= 15 is 0 Å². The summed E-state index contributed by atoms with van der Waals surface area (Å²) in [7, 11) is 0. The second-order valence-corrected chi connectivity index (χ2v) is 5.02. The van der Waals surface area contributed by atoms with E-state index in [4.69, 9.17) is 0 Å². The summed E-state index contributed by atoms with van der Waals surface area (Å²) < 4.78 is 13.5. The van der Waals surface area contributed by atoms with Crippen LogP contribution in [0.1, 0.15) is 24.2 Å². The van der Waals surface area contributed by atoms with Gasteiger partial charge in [-0.3, -0.25) is 4.98 Å². The molecule has 1 heterocycles. The summed E-state index contributed by atoms with van der Waals surface area (Å²) in [6.45, 7) is 3.31. The number of rotatable bonds is 3. The summed E-state index contributed by atoms with van der Waals surface area (Å²) in [4.78, 5) is 8.92. The molecule has 5 heteroatoms. The van der Waals surface area contributed by atoms with Gasteiger partial charge in [0.05, 0.1) is 12.3 Å². The number of aromatic nitrogens is 2. The molecule has 0 fully saturated rings. The summed E-state index contributed by atoms with van der Waals surface area (Å²) in [6.07, 6.45) is 4.10. The molecule has 2 aromatic rings. The Balaban J connectivity index is 2.40. The number of aliphatic hydroxyl groups is 1. The van der Waals surface area contributed by atoms with E-state index in [0.29, 0.717) is 16.2 Å². The van der Waals surface area contributed by atoms with E-state index in [1.807, 2.05) is 0 Å². The third-order valence-electron chi connectivity index (χ3n) is 2.50. The van der Waals surface area contributed by atoms with E-state index in [9.17, 15) is 9.50 Å². The van der Waals surface area contributed by atoms with Gasteiger partial charge in [-0.05, 0) is 37.1 Å². The summed E-state index contributed by atoms with van der Waals surface area (Å²) in [5.74, 6) is -0.311. The van der Waals surface area contributed by atoms with Gasteiger partial charge in [-0.2, -0.15) is 0 Å². The van der Waals surface area contributed by atoms with Gasteiger partial charge in [-0.25, -0.2) is 9.37 Å². The van der Waals surface area contributed by atoms with E-state index in [1.54, 1.807) is 38.5 Å². The first-order valence-electron chi connectivity index (χ1n) is 5.50. The molecule has 0 aliphatic rings. The van der Waals surface area contributed by atoms with E-state index < -0.39 is 6.10 Å². The number of benzene rings is 1. The maximum Gasteiger partial charge on any atom is 0.126 e. The van der Waals surface area contributed by atoms with Gasteiger partial charge in [0, 0.05) is 17.3 Å². The van der Waals surface area contributed by atoms with Crippen molar-refractivity contribution in [2.75, 3.05) is 0 Å². The fraction of sp³-hybridized carbons (Fsp3) is 0.231. The Morgan fingerprint density at radius 2 is 2.11 bits per heavy atom. The van der Waals surface area contributed by atoms with Crippen LogP contribution >= 0.6 is 11.8 Å². The number of hydrogen-bond acceptors (Lipinski definition) is 4. The van der Waals surface area contributed by atoms with E-state index in [2.05, 4.69) is 9.97 Å². The minimum atomic E-state index is -0.723. The van der Waals surface area contributed by atoms with Crippen LogP contribution in [0.4, 0.5) is 4.39 Å². The quantitative estimate of drug-likeness (QED) is 0.925. The highest BCUT2D eigenvalue weighted by atomic mass is 32.2. The number of nitrogens with zero attached hydrogens (tertiary/aromatic N) is 2. The van der Waals surface area contributed by atoms with Gasteiger partial charge in [-0.1, -0.05) is 11.8 Å². The van der Waals surface area contributed by atoms with Crippen molar-refractivity contribution in [3.05, 3.63) is 47.7 Å². The van der Waals surface area contributed by atoms with Crippen molar-refractivity contribution in [1.82, 2.24) is 9.97 Å². The lowest BCUT2D eigenvalue weighted by Crippen LogP contribution is -1.97. The van der Waals surface area contributed by atoms with Crippen LogP contribution in [0.5, 0.6) is 0 Å². The predicted octanol–water partition coefficient (Wildman–Crippen LogP) is 3.13. The van der Waals surface area contributed by atoms with Crippen LogP contribution in [-0.4, -0.2) is 15.1 Å². The molecule has 3 nitrogen and oxygen atoms in total. The van der Waals surface area contributed by atoms with Crippen LogP contribution in [0.15, 0.2) is 40.6 Å². The fourth-order valence-corrected chi connectivity index (χ4v) is 2.57. The van der Waals surface area contributed by atoms with Gasteiger partial charge in [-0.15, -0.1) is 0 Å². The molecule has 1 aromatic heterocycles. The minimum Gasteiger partial charge on any atom is -0.389 e. The van der Waals surface area contributed by atoms with E-state index in [0.717, 1.165) is 4.90 Å². The molecule has 1 aromatic carbocycles. The monoisotopic (exact) mass is 264 g/mol. The zero-order valence-electron chi connectivity index (χ0n) is 10.1. The second kappa shape index (κ2) is 5.46. The van der Waals surface area contributed by atoms with Crippen LogP contribution in [0.25, 0.3) is 0 Å². The molecule has 1 atom stereocenters. The Labute approximate surface area is 109 Å². The highest BCUT2D eigenvalue weighted by Gasteiger charge is 2.13. The van der Waals surface area contributed by atoms with Gasteiger partial charge in [0.1, 0.15) is 10.8 Å². The highest BCUT2D eigenvalue weighted by Crippen LogP contribution is 2.33. The van der Waals surface area contributed by atoms with Crippen LogP contribution in [-0.2, 0) is 0 Å². The predicted molar refractivity (Wildman–Crippen MR) is 67.9 cm³/mol. The lowest BCUT2D eigenvalue weighted by molar-refractivity contribution is 0.196. The first kappa shape index (κ1) is 13.0. The molecule has 0 spiro atoms. The van der Waals surface area contributed by atoms with Crippen molar-refractivity contribution < 1.29 is 9.50 Å². The molecule has 0 aliphatic carbocycles. The molecule has 94 valence electrons. The van der Waals surface area contributed by atoms with Gasteiger partial charge in [0.2, 0.25) is 0 Å². The minimum absolute atomic E-state index is 0.311. The van der Waals surface area contributed by atoms with E-state index in [-0.39, 0.29) is 5.82 Å². The van der Waals surface area contributed by atoms with Gasteiger partial charge >= 0.3 is 0 Å². The summed E-state index contributed by atoms with van der Waals surface area (Å²) >= 11 is 1.37. The maximum atomic E-state index is 13.5. The van der Waals surface area contributed by atoms with Crippen molar-refractivity contribution in [1.29, 1.82) is 0 Å². The lowest BCUT2D eigenvalue weighted by Gasteiger charge is -2.12. The van der Waals surface area contributed by atoms with Crippen LogP contribution in [0.2, 0.25) is 0 Å². The van der Waals surface area contributed by atoms with Crippen molar-refractivity contribution >= 4 is 11.8 Å². The van der Waals surface area contributed by atoms with Gasteiger partial charge in [0.15, 0.2) is 0 Å². The summed E-state index contributed by atoms with van der Waals surface area (Å²) in [5, 5.41) is 10.4. The Kier molecular flexibility index (Phi) is 3.93. The Hall–Kier alpha value is -1.46. The first-order valence-corrected chi connectivity index (χ1v) is 6.31. The standard InChI is InChI=1S/C13H13FN2OS/c1-8-5-12(10(9(2)17)6-11(8)14)18-13-7-15-3-4-16-13/h3-7,9,17H,1-2H3/t9-/m1/s1. The number of hydrogen-bond donors (Lipinski definition) is 1. The van der Waals surface area contributed by atoms with Crippen LogP contribution in [0.3, 0.4) is 0 Å². The highest BCUT2D eigenvalue weighted by molar-refractivity contribution is 7.99. The smallest absolute Gasteiger partial charge is 0.126 e. The van der Waals surface area contributed by atoms with Crippen molar-refractivity contribution in [2.24, 2.45) is 0 Å². The average molecular weight is 264 g/mol. The molecule has 2 rings (SSSR count). The second-order valence-electron chi connectivity index (χ2n) is 3.96. The van der Waals surface area contributed by atoms with E-state index in [1.165, 1.54) is 17.8 Å². The Morgan fingerprint density at radius 1 is 1.33 bits per heavy atom. The van der Waals surface area contributed by atoms with Crippen molar-refractivity contribution in [3.8, 4) is 0 Å². The first-order chi connectivity index (χ1) is 8.58. The van der Waals surface area contributed by atoms with Crippen molar-refractivity contribution in [3.63, 3.8) is 0 Å². The SMILES string of the molecule is Cc1cc(Sc2cnccn2)c([C@@H](C)O)cc1F. The van der Waals surface area contributed by atoms with Crippen LogP contribution in [0, 0.1) is 12.7 Å². The summed E-state index contributed by atoms with van der Waals surface area (Å²) in [5.41, 5.74) is 1.11. The topological polar surface area (TPSA) is 46.0 Å². The largest absolute Gasteiger partial charge is 0.389 e. The molecule has 1 N–H and O–H groups in total. The molecule has 0 saturated carbocycles. The van der Waals surface area contributed by atoms with Crippen molar-refractivity contribution in [2.45, 2.75) is 29.9 Å². The fourth-order valence-electron chi connectivity index (χ4n) is 1.54. The van der Waals surface area contributed by atoms with Gasteiger partial charge < -0.3 is 5.11 Å². The molecule has 0 bridgehead atoms. The van der Waals surface area contributed by atoms with Gasteiger partial charge in [0.25, 0.3) is 0 Å². The number of aliphatic hydroxyl groups excluding tert-OH is 1. The van der Waals surface area contributed by atoms with Crippen LogP contribution < -0.4 is 0 Å². The summed E-state index contributed by atoms with van der Waals surface area (Å²) in [6, 6.07) is 3.09. The molecule has 0 unspecified atom stereocenters. The zero-order valence-corrected chi connectivity index (χ0v) is 10.9. The third-order valence-corrected chi connectivity index (χ3v) is 3.49. The average Bonchev–Trinajstić information content (AvgIpc) is 2.34. The maximum absolute atomic E-state index is 13.5. The molecule has 18 heavy (non-hydrogen) atoms. The number of aryl methyl sites for hydroxylation is 1. The number of halogens is 1. The third kappa shape index (κ3) is 2.86. The molecular formula is C13H13FN2OS. The lowest BCUT2D eigenvalue weighted by atomic mass is 10.1. The Bertz CT molecular complexity index is 546. The normalized spacial score (nSPS) is 12.4. The Morgan fingerprint density at radius 3 is 2.72 bits per heavy atom. The molecule has 0 aliphatic heterocycles. The molecule has 0 radical (unpaired) electrons. The molecule has 0 saturated heterocycles. The zero-order chi connectivity index (χ0) is 13.1. The molecular weight excluding hydrogens is 251 g/mol.